The molecule has 0 N–H and O–H groups in total. The zero-order valence-corrected chi connectivity index (χ0v) is 18.7. The van der Waals surface area contributed by atoms with Crippen LogP contribution >= 0.6 is 11.6 Å². The number of ether oxygens (including phenoxy) is 2. The van der Waals surface area contributed by atoms with Crippen LogP contribution in [0.15, 0.2) is 6.33 Å². The number of hydrogen-bond acceptors (Lipinski definition) is 7. The van der Waals surface area contributed by atoms with Crippen molar-refractivity contribution < 1.29 is 18.7 Å². The monoisotopic (exact) mass is 447 g/mol. The molecule has 164 valence electrons. The van der Waals surface area contributed by atoms with Gasteiger partial charge in [-0.1, -0.05) is 17.5 Å². The minimum Gasteiger partial charge on any atom is -0.472 e. The largest absolute Gasteiger partial charge is 0.472 e. The van der Waals surface area contributed by atoms with Gasteiger partial charge in [-0.2, -0.15) is 4.98 Å². The number of nitrogens with zero attached hydrogens (tertiary/aromatic N) is 5. The molecule has 2 aromatic rings. The number of pyridine rings is 1. The predicted octanol–water partition coefficient (Wildman–Crippen LogP) is 3.42. The van der Waals surface area contributed by atoms with Crippen LogP contribution in [-0.4, -0.2) is 62.8 Å². The number of hydrogen-bond donors (Lipinski definition) is 0. The summed E-state index contributed by atoms with van der Waals surface area (Å²) in [5, 5.41) is 0.0344. The predicted molar refractivity (Wildman–Crippen MR) is 114 cm³/mol. The molecule has 4 rings (SSSR count). The molecule has 0 radical (unpaired) electrons. The summed E-state index contributed by atoms with van der Waals surface area (Å²) in [5.41, 5.74) is -0.599. The number of aromatic nitrogens is 3. The van der Waals surface area contributed by atoms with Crippen molar-refractivity contribution >= 4 is 34.4 Å². The number of halogens is 2. The molecule has 2 aliphatic heterocycles. The van der Waals surface area contributed by atoms with E-state index in [0.29, 0.717) is 24.3 Å². The standard InChI is InChI=1S/C21H23ClFN5O3/c1-6-7-12-16-11(2)30-19-13-15(14(23)17(22)26-19)24-10-25-18(13)28(16)9-8-27(12)20(29)31-21(3,4)5/h10-12,16H,8-9H2,1-5H3/t11-,12?,16+/m0/s1. The maximum Gasteiger partial charge on any atom is 0.411 e. The van der Waals surface area contributed by atoms with Crippen LogP contribution in [0.5, 0.6) is 5.88 Å². The fourth-order valence-electron chi connectivity index (χ4n) is 4.03. The first kappa shape index (κ1) is 21.4. The van der Waals surface area contributed by atoms with Crippen LogP contribution in [0.1, 0.15) is 34.6 Å². The third-order valence-corrected chi connectivity index (χ3v) is 5.45. The summed E-state index contributed by atoms with van der Waals surface area (Å²) < 4.78 is 26.4. The molecule has 2 aromatic heterocycles. The second kappa shape index (κ2) is 7.68. The average Bonchev–Trinajstić information content (AvgIpc) is 2.81. The molecule has 1 fully saturated rings. The van der Waals surface area contributed by atoms with Gasteiger partial charge in [-0.25, -0.2) is 19.2 Å². The van der Waals surface area contributed by atoms with E-state index in [1.807, 2.05) is 32.6 Å². The lowest BCUT2D eigenvalue weighted by atomic mass is 9.97. The number of amides is 1. The first-order valence-electron chi connectivity index (χ1n) is 9.97. The van der Waals surface area contributed by atoms with Crippen LogP contribution in [0.3, 0.4) is 0 Å². The Hall–Kier alpha value is -2.86. The molecular formula is C21H23ClFN5O3. The van der Waals surface area contributed by atoms with Crippen molar-refractivity contribution in [3.05, 3.63) is 17.3 Å². The number of piperazine rings is 1. The number of carbonyl (C=O) groups excluding carboxylic acids is 1. The summed E-state index contributed by atoms with van der Waals surface area (Å²) in [7, 11) is 0. The molecule has 1 unspecified atom stereocenters. The third-order valence-electron chi connectivity index (χ3n) is 5.20. The Morgan fingerprint density at radius 2 is 2.10 bits per heavy atom. The fraction of sp³-hybridized carbons (Fsp3) is 0.524. The normalized spacial score (nSPS) is 22.7. The van der Waals surface area contributed by atoms with Crippen LogP contribution in [0, 0.1) is 17.7 Å². The molecule has 4 heterocycles. The van der Waals surface area contributed by atoms with E-state index in [2.05, 4.69) is 26.8 Å². The lowest BCUT2D eigenvalue weighted by molar-refractivity contribution is 0.00972. The van der Waals surface area contributed by atoms with Crippen molar-refractivity contribution in [1.82, 2.24) is 19.9 Å². The van der Waals surface area contributed by atoms with Gasteiger partial charge >= 0.3 is 6.09 Å². The molecule has 0 aromatic carbocycles. The van der Waals surface area contributed by atoms with Gasteiger partial charge in [0.2, 0.25) is 5.88 Å². The summed E-state index contributed by atoms with van der Waals surface area (Å²) in [6.07, 6.45) is 0.366. The first-order valence-corrected chi connectivity index (χ1v) is 10.3. The SMILES string of the molecule is CC#CC1[C@H]2[C@H](C)Oc3nc(Cl)c(F)c4ncnc(c34)N2CCN1C(=O)OC(C)(C)C. The van der Waals surface area contributed by atoms with Gasteiger partial charge in [-0.3, -0.25) is 4.90 Å². The van der Waals surface area contributed by atoms with Crippen molar-refractivity contribution in [2.45, 2.75) is 58.4 Å². The first-order chi connectivity index (χ1) is 14.6. The molecule has 2 aliphatic rings. The number of carbonyl (C=O) groups is 1. The van der Waals surface area contributed by atoms with Gasteiger partial charge in [-0.05, 0) is 34.6 Å². The molecule has 31 heavy (non-hydrogen) atoms. The van der Waals surface area contributed by atoms with Gasteiger partial charge in [-0.15, -0.1) is 5.92 Å². The van der Waals surface area contributed by atoms with Crippen molar-refractivity contribution in [2.75, 3.05) is 18.0 Å². The maximum atomic E-state index is 14.6. The molecule has 0 spiro atoms. The van der Waals surface area contributed by atoms with Gasteiger partial charge in [0.1, 0.15) is 40.8 Å². The van der Waals surface area contributed by atoms with Gasteiger partial charge in [0.05, 0.1) is 6.04 Å². The Morgan fingerprint density at radius 3 is 2.77 bits per heavy atom. The summed E-state index contributed by atoms with van der Waals surface area (Å²) in [6.45, 7) is 9.79. The molecular weight excluding hydrogens is 425 g/mol. The second-order valence-electron chi connectivity index (χ2n) is 8.46. The fourth-order valence-corrected chi connectivity index (χ4v) is 4.20. The molecule has 8 nitrogen and oxygen atoms in total. The van der Waals surface area contributed by atoms with E-state index in [9.17, 15) is 9.18 Å². The van der Waals surface area contributed by atoms with Crippen molar-refractivity contribution in [2.24, 2.45) is 0 Å². The highest BCUT2D eigenvalue weighted by Crippen LogP contribution is 2.40. The summed E-state index contributed by atoms with van der Waals surface area (Å²) in [5.74, 6) is 5.95. The Kier molecular flexibility index (Phi) is 5.30. The summed E-state index contributed by atoms with van der Waals surface area (Å²) in [6, 6.07) is -0.939. The molecule has 1 saturated heterocycles. The number of anilines is 1. The molecule has 1 amide bonds. The zero-order valence-electron chi connectivity index (χ0n) is 17.9. The van der Waals surface area contributed by atoms with E-state index in [0.717, 1.165) is 0 Å². The van der Waals surface area contributed by atoms with Crippen LogP contribution in [0.4, 0.5) is 15.0 Å². The van der Waals surface area contributed by atoms with E-state index >= 15 is 0 Å². The lowest BCUT2D eigenvalue weighted by Crippen LogP contribution is -2.65. The highest BCUT2D eigenvalue weighted by atomic mass is 35.5. The smallest absolute Gasteiger partial charge is 0.411 e. The Morgan fingerprint density at radius 1 is 1.35 bits per heavy atom. The van der Waals surface area contributed by atoms with Crippen LogP contribution in [0.2, 0.25) is 5.15 Å². The van der Waals surface area contributed by atoms with Gasteiger partial charge in [0, 0.05) is 13.1 Å². The van der Waals surface area contributed by atoms with Gasteiger partial charge in [0.15, 0.2) is 11.0 Å². The Labute approximate surface area is 184 Å². The van der Waals surface area contributed by atoms with Crippen LogP contribution in [0.25, 0.3) is 10.9 Å². The van der Waals surface area contributed by atoms with Crippen LogP contribution in [-0.2, 0) is 4.74 Å². The Balaban J connectivity index is 1.83. The third kappa shape index (κ3) is 3.69. The van der Waals surface area contributed by atoms with Gasteiger partial charge < -0.3 is 14.4 Å². The molecule has 0 saturated carbocycles. The topological polar surface area (TPSA) is 80.7 Å². The van der Waals surface area contributed by atoms with Crippen molar-refractivity contribution in [3.8, 4) is 17.7 Å². The minimum absolute atomic E-state index is 0.0422. The van der Waals surface area contributed by atoms with E-state index in [1.54, 1.807) is 11.8 Å². The van der Waals surface area contributed by atoms with Crippen molar-refractivity contribution in [3.63, 3.8) is 0 Å². The highest BCUT2D eigenvalue weighted by Gasteiger charge is 2.46. The van der Waals surface area contributed by atoms with Crippen molar-refractivity contribution in [1.29, 1.82) is 0 Å². The summed E-state index contributed by atoms with van der Waals surface area (Å²) >= 11 is 5.97. The molecule has 3 atom stereocenters. The molecule has 0 bridgehead atoms. The second-order valence-corrected chi connectivity index (χ2v) is 8.82. The van der Waals surface area contributed by atoms with E-state index in [4.69, 9.17) is 21.1 Å². The highest BCUT2D eigenvalue weighted by molar-refractivity contribution is 6.30. The molecule has 0 aliphatic carbocycles. The average molecular weight is 448 g/mol. The number of fused-ring (bicyclic) bond motifs is 2. The summed E-state index contributed by atoms with van der Waals surface area (Å²) in [4.78, 5) is 29.1. The maximum absolute atomic E-state index is 14.6. The van der Waals surface area contributed by atoms with Crippen LogP contribution < -0.4 is 9.64 Å². The number of rotatable bonds is 0. The minimum atomic E-state index is -0.726. The van der Waals surface area contributed by atoms with Gasteiger partial charge in [0.25, 0.3) is 0 Å². The lowest BCUT2D eigenvalue weighted by Gasteiger charge is -2.46. The van der Waals surface area contributed by atoms with E-state index in [1.165, 1.54) is 6.33 Å². The van der Waals surface area contributed by atoms with E-state index < -0.39 is 35.7 Å². The Bertz CT molecular complexity index is 1110. The quantitative estimate of drug-likeness (QED) is 0.452. The zero-order chi connectivity index (χ0) is 22.5. The van der Waals surface area contributed by atoms with E-state index in [-0.39, 0.29) is 16.5 Å². The molecule has 10 heteroatoms.